The van der Waals surface area contributed by atoms with E-state index in [1.54, 1.807) is 0 Å². The van der Waals surface area contributed by atoms with E-state index in [1.807, 2.05) is 19.1 Å². The molecule has 0 saturated heterocycles. The van der Waals surface area contributed by atoms with Crippen molar-refractivity contribution in [2.24, 2.45) is 0 Å². The van der Waals surface area contributed by atoms with Crippen LogP contribution in [0, 0.1) is 6.92 Å². The van der Waals surface area contributed by atoms with Crippen molar-refractivity contribution in [2.75, 3.05) is 17.6 Å². The number of anilines is 2. The lowest BCUT2D eigenvalue weighted by Gasteiger charge is -2.05. The summed E-state index contributed by atoms with van der Waals surface area (Å²) < 4.78 is 0. The van der Waals surface area contributed by atoms with Gasteiger partial charge in [-0.15, -0.1) is 0 Å². The number of nitrogens with two attached hydrogens (primary N) is 1. The van der Waals surface area contributed by atoms with E-state index in [9.17, 15) is 0 Å². The van der Waals surface area contributed by atoms with Gasteiger partial charge in [0.15, 0.2) is 0 Å². The Balaban J connectivity index is 2.68. The number of nitrogen functional groups attached to an aromatic ring is 1. The van der Waals surface area contributed by atoms with Crippen LogP contribution in [-0.2, 0) is 0 Å². The molecule has 0 spiro atoms. The molecule has 0 atom stereocenters. The topological polar surface area (TPSA) is 50.9 Å². The number of nitrogens with zero attached hydrogens (tertiary/aromatic N) is 1. The minimum atomic E-state index is 0.512. The Hall–Kier alpha value is -1.22. The Labute approximate surface area is 82.6 Å². The minimum Gasteiger partial charge on any atom is -0.397 e. The zero-order chi connectivity index (χ0) is 9.84. The first kappa shape index (κ1) is 9.86. The molecule has 3 N–H and O–H groups in total. The fourth-order valence-corrected chi connectivity index (χ4v) is 0.924. The van der Waals surface area contributed by atoms with Crippen LogP contribution in [0.2, 0.25) is 0 Å². The average molecular weight is 198 g/mol. The van der Waals surface area contributed by atoms with Gasteiger partial charge in [0.25, 0.3) is 0 Å². The first-order valence-electron chi connectivity index (χ1n) is 3.90. The molecule has 0 aliphatic heterocycles. The van der Waals surface area contributed by atoms with Gasteiger partial charge in [-0.05, 0) is 19.1 Å². The van der Waals surface area contributed by atoms with E-state index in [2.05, 4.69) is 16.9 Å². The highest BCUT2D eigenvalue weighted by molar-refractivity contribution is 6.29. The molecule has 70 valence electrons. The van der Waals surface area contributed by atoms with Crippen LogP contribution in [0.25, 0.3) is 0 Å². The molecule has 1 aromatic rings. The number of nitrogens with one attached hydrogen (secondary N) is 1. The van der Waals surface area contributed by atoms with Crippen molar-refractivity contribution in [3.8, 4) is 0 Å². The van der Waals surface area contributed by atoms with Gasteiger partial charge in [0.2, 0.25) is 0 Å². The number of pyridine rings is 1. The van der Waals surface area contributed by atoms with Crippen molar-refractivity contribution >= 4 is 23.1 Å². The molecule has 3 nitrogen and oxygen atoms in total. The summed E-state index contributed by atoms with van der Waals surface area (Å²) in [6, 6.07) is 3.61. The predicted octanol–water partition coefficient (Wildman–Crippen LogP) is 2.14. The van der Waals surface area contributed by atoms with E-state index in [-0.39, 0.29) is 0 Å². The molecule has 0 amide bonds. The molecule has 1 rings (SSSR count). The fourth-order valence-electron chi connectivity index (χ4n) is 0.857. The van der Waals surface area contributed by atoms with E-state index in [1.165, 1.54) is 0 Å². The van der Waals surface area contributed by atoms with Crippen molar-refractivity contribution in [2.45, 2.75) is 6.92 Å². The normalized spacial score (nSPS) is 9.69. The lowest BCUT2D eigenvalue weighted by Crippen LogP contribution is -2.04. The zero-order valence-electron chi connectivity index (χ0n) is 7.47. The summed E-state index contributed by atoms with van der Waals surface area (Å²) in [5.74, 6) is 0.758. The van der Waals surface area contributed by atoms with Crippen LogP contribution in [0.5, 0.6) is 0 Å². The van der Waals surface area contributed by atoms with Crippen LogP contribution >= 0.6 is 11.6 Å². The molecule has 0 aromatic carbocycles. The van der Waals surface area contributed by atoms with E-state index in [4.69, 9.17) is 17.3 Å². The molecular formula is C9H12ClN3. The number of hydrogen-bond donors (Lipinski definition) is 2. The maximum absolute atomic E-state index is 5.61. The number of hydrogen-bond acceptors (Lipinski definition) is 3. The summed E-state index contributed by atoms with van der Waals surface area (Å²) >= 11 is 5.59. The van der Waals surface area contributed by atoms with Crippen LogP contribution in [0.1, 0.15) is 5.69 Å². The third kappa shape index (κ3) is 2.95. The van der Waals surface area contributed by atoms with Gasteiger partial charge in [0, 0.05) is 5.03 Å². The maximum atomic E-state index is 5.61. The predicted molar refractivity (Wildman–Crippen MR) is 56.9 cm³/mol. The summed E-state index contributed by atoms with van der Waals surface area (Å²) in [6.45, 7) is 5.93. The lowest BCUT2D eigenvalue weighted by molar-refractivity contribution is 1.16. The van der Waals surface area contributed by atoms with Crippen molar-refractivity contribution in [1.29, 1.82) is 0 Å². The highest BCUT2D eigenvalue weighted by Crippen LogP contribution is 2.12. The number of rotatable bonds is 3. The molecule has 13 heavy (non-hydrogen) atoms. The maximum Gasteiger partial charge on any atom is 0.126 e. The second kappa shape index (κ2) is 4.14. The van der Waals surface area contributed by atoms with Gasteiger partial charge < -0.3 is 11.1 Å². The summed E-state index contributed by atoms with van der Waals surface area (Å²) in [6.07, 6.45) is 0. The van der Waals surface area contributed by atoms with Gasteiger partial charge in [0.05, 0.1) is 17.9 Å². The quantitative estimate of drug-likeness (QED) is 0.781. The highest BCUT2D eigenvalue weighted by atomic mass is 35.5. The van der Waals surface area contributed by atoms with Crippen LogP contribution in [0.4, 0.5) is 11.5 Å². The molecule has 0 radical (unpaired) electrons. The van der Waals surface area contributed by atoms with Crippen molar-refractivity contribution in [3.05, 3.63) is 29.4 Å². The van der Waals surface area contributed by atoms with E-state index < -0.39 is 0 Å². The summed E-state index contributed by atoms with van der Waals surface area (Å²) in [4.78, 5) is 4.21. The second-order valence-electron chi connectivity index (χ2n) is 2.74. The van der Waals surface area contributed by atoms with Gasteiger partial charge in [0.1, 0.15) is 5.82 Å². The van der Waals surface area contributed by atoms with Gasteiger partial charge in [-0.2, -0.15) is 0 Å². The summed E-state index contributed by atoms with van der Waals surface area (Å²) in [5, 5.41) is 3.57. The van der Waals surface area contributed by atoms with Crippen LogP contribution in [0.3, 0.4) is 0 Å². The Bertz CT molecular complexity index is 323. The molecule has 0 unspecified atom stereocenters. The van der Waals surface area contributed by atoms with E-state index >= 15 is 0 Å². The smallest absolute Gasteiger partial charge is 0.126 e. The van der Waals surface area contributed by atoms with Crippen molar-refractivity contribution in [3.63, 3.8) is 0 Å². The second-order valence-corrected chi connectivity index (χ2v) is 3.28. The first-order chi connectivity index (χ1) is 6.09. The Morgan fingerprint density at radius 3 is 2.92 bits per heavy atom. The number of aryl methyl sites for hydroxylation is 1. The third-order valence-corrected chi connectivity index (χ3v) is 1.72. The van der Waals surface area contributed by atoms with Crippen LogP contribution in [0.15, 0.2) is 23.7 Å². The molecule has 4 heteroatoms. The van der Waals surface area contributed by atoms with E-state index in [0.717, 1.165) is 11.5 Å². The molecular weight excluding hydrogens is 186 g/mol. The van der Waals surface area contributed by atoms with Gasteiger partial charge in [-0.1, -0.05) is 18.2 Å². The van der Waals surface area contributed by atoms with Gasteiger partial charge in [-0.25, -0.2) is 4.98 Å². The monoisotopic (exact) mass is 197 g/mol. The Morgan fingerprint density at radius 1 is 1.69 bits per heavy atom. The van der Waals surface area contributed by atoms with Crippen molar-refractivity contribution in [1.82, 2.24) is 4.98 Å². The average Bonchev–Trinajstić information content (AvgIpc) is 2.07. The third-order valence-electron chi connectivity index (χ3n) is 1.59. The SMILES string of the molecule is C=C(Cl)CNc1ccc(N)c(C)n1. The standard InChI is InChI=1S/C9H12ClN3/c1-6(10)5-12-9-4-3-8(11)7(2)13-9/h3-4H,1,5,11H2,2H3,(H,12,13). The molecule has 0 aliphatic carbocycles. The van der Waals surface area contributed by atoms with Gasteiger partial charge >= 0.3 is 0 Å². The Morgan fingerprint density at radius 2 is 2.38 bits per heavy atom. The Kier molecular flexibility index (Phi) is 3.14. The number of aromatic nitrogens is 1. The van der Waals surface area contributed by atoms with Crippen LogP contribution in [-0.4, -0.2) is 11.5 Å². The van der Waals surface area contributed by atoms with Crippen molar-refractivity contribution < 1.29 is 0 Å². The largest absolute Gasteiger partial charge is 0.397 e. The number of halogens is 1. The lowest BCUT2D eigenvalue weighted by atomic mass is 10.3. The summed E-state index contributed by atoms with van der Waals surface area (Å²) in [7, 11) is 0. The van der Waals surface area contributed by atoms with E-state index in [0.29, 0.717) is 17.3 Å². The molecule has 0 fully saturated rings. The molecule has 1 heterocycles. The zero-order valence-corrected chi connectivity index (χ0v) is 8.23. The molecule has 1 aromatic heterocycles. The fraction of sp³-hybridized carbons (Fsp3) is 0.222. The minimum absolute atomic E-state index is 0.512. The van der Waals surface area contributed by atoms with Crippen LogP contribution < -0.4 is 11.1 Å². The van der Waals surface area contributed by atoms with Gasteiger partial charge in [-0.3, -0.25) is 0 Å². The highest BCUT2D eigenvalue weighted by Gasteiger charge is 1.97. The molecule has 0 saturated carbocycles. The molecule has 0 bridgehead atoms. The molecule has 0 aliphatic rings. The summed E-state index contributed by atoms with van der Waals surface area (Å²) in [5.41, 5.74) is 7.11. The first-order valence-corrected chi connectivity index (χ1v) is 4.27.